The molecule has 0 bridgehead atoms. The van der Waals surface area contributed by atoms with Crippen LogP contribution in [0.3, 0.4) is 0 Å². The molecule has 1 atom stereocenters. The second kappa shape index (κ2) is 6.80. The molecule has 122 valence electrons. The van der Waals surface area contributed by atoms with Crippen LogP contribution in [0.2, 0.25) is 0 Å². The summed E-state index contributed by atoms with van der Waals surface area (Å²) in [6.07, 6.45) is 1.83. The van der Waals surface area contributed by atoms with Crippen molar-refractivity contribution in [2.45, 2.75) is 25.9 Å². The molecule has 6 nitrogen and oxygen atoms in total. The Bertz CT molecular complexity index is 789. The lowest BCUT2D eigenvalue weighted by atomic mass is 10.2. The summed E-state index contributed by atoms with van der Waals surface area (Å²) in [6, 6.07) is 5.74. The first kappa shape index (κ1) is 16.1. The Hall–Kier alpha value is -1.73. The number of piperazine rings is 1. The molecule has 1 fully saturated rings. The number of amides is 1. The maximum Gasteiger partial charge on any atom is 0.261 e. The topological polar surface area (TPSA) is 67.2 Å². The summed E-state index contributed by atoms with van der Waals surface area (Å²) in [6.45, 7) is 4.68. The maximum absolute atomic E-state index is 12.5. The molecule has 7 heteroatoms. The first-order valence-electron chi connectivity index (χ1n) is 7.70. The molecule has 0 unspecified atom stereocenters. The summed E-state index contributed by atoms with van der Waals surface area (Å²) < 4.78 is 2.35. The summed E-state index contributed by atoms with van der Waals surface area (Å²) in [5, 5.41) is 3.87. The van der Waals surface area contributed by atoms with E-state index in [1.807, 2.05) is 11.0 Å². The minimum atomic E-state index is -0.113. The predicted molar refractivity (Wildman–Crippen MR) is 92.4 cm³/mol. The zero-order chi connectivity index (χ0) is 16.4. The highest BCUT2D eigenvalue weighted by atomic mass is 79.9. The Kier molecular flexibility index (Phi) is 4.77. The van der Waals surface area contributed by atoms with Gasteiger partial charge in [-0.05, 0) is 25.1 Å². The first-order valence-corrected chi connectivity index (χ1v) is 8.50. The van der Waals surface area contributed by atoms with E-state index in [4.69, 9.17) is 0 Å². The molecule has 2 heterocycles. The van der Waals surface area contributed by atoms with Gasteiger partial charge in [0.25, 0.3) is 5.56 Å². The molecular weight excluding hydrogens is 360 g/mol. The van der Waals surface area contributed by atoms with Gasteiger partial charge < -0.3 is 10.2 Å². The fourth-order valence-electron chi connectivity index (χ4n) is 2.82. The van der Waals surface area contributed by atoms with E-state index in [1.54, 1.807) is 12.1 Å². The van der Waals surface area contributed by atoms with Crippen molar-refractivity contribution in [3.05, 3.63) is 39.4 Å². The minimum Gasteiger partial charge on any atom is -0.340 e. The number of rotatable bonds is 3. The van der Waals surface area contributed by atoms with E-state index < -0.39 is 0 Å². The molecular formula is C16H19BrN4O2. The standard InChI is InChI=1S/C16H19BrN4O2/c1-11-9-20(7-5-18-11)15(22)4-6-21-10-19-14-3-2-12(17)8-13(14)16(21)23/h2-3,8,10-11,18H,4-7,9H2,1H3/t11-/m0/s1. The van der Waals surface area contributed by atoms with E-state index in [0.717, 1.165) is 24.1 Å². The number of fused-ring (bicyclic) bond motifs is 1. The van der Waals surface area contributed by atoms with Gasteiger partial charge in [0, 0.05) is 43.1 Å². The number of carbonyl (C=O) groups is 1. The van der Waals surface area contributed by atoms with Crippen LogP contribution < -0.4 is 10.9 Å². The number of aryl methyl sites for hydroxylation is 1. The highest BCUT2D eigenvalue weighted by Gasteiger charge is 2.20. The summed E-state index contributed by atoms with van der Waals surface area (Å²) in [4.78, 5) is 30.9. The van der Waals surface area contributed by atoms with E-state index in [1.165, 1.54) is 10.9 Å². The van der Waals surface area contributed by atoms with Crippen LogP contribution in [0.25, 0.3) is 10.9 Å². The van der Waals surface area contributed by atoms with Crippen LogP contribution in [-0.4, -0.2) is 46.0 Å². The van der Waals surface area contributed by atoms with Crippen molar-refractivity contribution in [1.82, 2.24) is 19.8 Å². The molecule has 0 spiro atoms. The molecule has 1 aromatic carbocycles. The lowest BCUT2D eigenvalue weighted by molar-refractivity contribution is -0.132. The van der Waals surface area contributed by atoms with Crippen LogP contribution in [-0.2, 0) is 11.3 Å². The number of hydrogen-bond donors (Lipinski definition) is 1. The molecule has 0 saturated carbocycles. The van der Waals surface area contributed by atoms with Gasteiger partial charge in [0.1, 0.15) is 0 Å². The van der Waals surface area contributed by atoms with Gasteiger partial charge in [-0.2, -0.15) is 0 Å². The molecule has 2 aromatic rings. The van der Waals surface area contributed by atoms with Crippen LogP contribution in [0, 0.1) is 0 Å². The molecule has 0 radical (unpaired) electrons. The quantitative estimate of drug-likeness (QED) is 0.875. The fourth-order valence-corrected chi connectivity index (χ4v) is 3.18. The number of aromatic nitrogens is 2. The average Bonchev–Trinajstić information content (AvgIpc) is 2.54. The Morgan fingerprint density at radius 3 is 3.09 bits per heavy atom. The second-order valence-corrected chi connectivity index (χ2v) is 6.77. The monoisotopic (exact) mass is 378 g/mol. The third-order valence-electron chi connectivity index (χ3n) is 4.07. The Morgan fingerprint density at radius 2 is 2.30 bits per heavy atom. The number of hydrogen-bond acceptors (Lipinski definition) is 4. The number of nitrogens with one attached hydrogen (secondary N) is 1. The van der Waals surface area contributed by atoms with Crippen molar-refractivity contribution in [1.29, 1.82) is 0 Å². The molecule has 1 aromatic heterocycles. The van der Waals surface area contributed by atoms with Crippen LogP contribution in [0.4, 0.5) is 0 Å². The van der Waals surface area contributed by atoms with Crippen molar-refractivity contribution >= 4 is 32.7 Å². The Balaban J connectivity index is 1.73. The number of halogens is 1. The van der Waals surface area contributed by atoms with Crippen LogP contribution in [0.5, 0.6) is 0 Å². The average molecular weight is 379 g/mol. The number of benzene rings is 1. The van der Waals surface area contributed by atoms with Crippen LogP contribution >= 0.6 is 15.9 Å². The van der Waals surface area contributed by atoms with Gasteiger partial charge in [-0.25, -0.2) is 4.98 Å². The second-order valence-electron chi connectivity index (χ2n) is 5.85. The molecule has 0 aliphatic carbocycles. The van der Waals surface area contributed by atoms with E-state index >= 15 is 0 Å². The lowest BCUT2D eigenvalue weighted by Crippen LogP contribution is -2.51. The van der Waals surface area contributed by atoms with Gasteiger partial charge in [0.05, 0.1) is 17.2 Å². The Labute approximate surface area is 142 Å². The number of nitrogens with zero attached hydrogens (tertiary/aromatic N) is 3. The zero-order valence-electron chi connectivity index (χ0n) is 13.0. The van der Waals surface area contributed by atoms with E-state index in [0.29, 0.717) is 29.9 Å². The highest BCUT2D eigenvalue weighted by Crippen LogP contribution is 2.15. The van der Waals surface area contributed by atoms with Crippen molar-refractivity contribution in [3.8, 4) is 0 Å². The largest absolute Gasteiger partial charge is 0.340 e. The first-order chi connectivity index (χ1) is 11.0. The maximum atomic E-state index is 12.5. The predicted octanol–water partition coefficient (Wildman–Crippen LogP) is 1.37. The molecule has 1 aliphatic heterocycles. The molecule has 1 saturated heterocycles. The SMILES string of the molecule is C[C@H]1CN(C(=O)CCn2cnc3ccc(Br)cc3c2=O)CCN1. The minimum absolute atomic E-state index is 0.0830. The van der Waals surface area contributed by atoms with E-state index in [2.05, 4.69) is 33.2 Å². The smallest absolute Gasteiger partial charge is 0.261 e. The van der Waals surface area contributed by atoms with E-state index in [-0.39, 0.29) is 11.5 Å². The Morgan fingerprint density at radius 1 is 1.48 bits per heavy atom. The molecule has 23 heavy (non-hydrogen) atoms. The van der Waals surface area contributed by atoms with Gasteiger partial charge in [-0.15, -0.1) is 0 Å². The molecule has 1 aliphatic rings. The lowest BCUT2D eigenvalue weighted by Gasteiger charge is -2.32. The normalized spacial score (nSPS) is 18.3. The van der Waals surface area contributed by atoms with Crippen molar-refractivity contribution in [3.63, 3.8) is 0 Å². The summed E-state index contributed by atoms with van der Waals surface area (Å²) >= 11 is 3.37. The molecule has 1 amide bonds. The fraction of sp³-hybridized carbons (Fsp3) is 0.438. The van der Waals surface area contributed by atoms with Crippen molar-refractivity contribution in [2.24, 2.45) is 0 Å². The van der Waals surface area contributed by atoms with Gasteiger partial charge in [-0.3, -0.25) is 14.2 Å². The van der Waals surface area contributed by atoms with E-state index in [9.17, 15) is 9.59 Å². The van der Waals surface area contributed by atoms with Crippen molar-refractivity contribution < 1.29 is 4.79 Å². The number of carbonyl (C=O) groups excluding carboxylic acids is 1. The third kappa shape index (κ3) is 3.61. The molecule has 3 rings (SSSR count). The van der Waals surface area contributed by atoms with Crippen LogP contribution in [0.15, 0.2) is 33.8 Å². The van der Waals surface area contributed by atoms with Crippen LogP contribution in [0.1, 0.15) is 13.3 Å². The zero-order valence-corrected chi connectivity index (χ0v) is 14.5. The van der Waals surface area contributed by atoms with Crippen molar-refractivity contribution in [2.75, 3.05) is 19.6 Å². The summed E-state index contributed by atoms with van der Waals surface area (Å²) in [5.74, 6) is 0.0830. The summed E-state index contributed by atoms with van der Waals surface area (Å²) in [7, 11) is 0. The molecule has 1 N–H and O–H groups in total. The third-order valence-corrected chi connectivity index (χ3v) is 4.57. The van der Waals surface area contributed by atoms with Gasteiger partial charge in [0.2, 0.25) is 5.91 Å². The van der Waals surface area contributed by atoms with Gasteiger partial charge >= 0.3 is 0 Å². The van der Waals surface area contributed by atoms with Gasteiger partial charge in [-0.1, -0.05) is 15.9 Å². The summed E-state index contributed by atoms with van der Waals surface area (Å²) in [5.41, 5.74) is 0.550. The van der Waals surface area contributed by atoms with Gasteiger partial charge in [0.15, 0.2) is 0 Å². The highest BCUT2D eigenvalue weighted by molar-refractivity contribution is 9.10.